The molecule has 0 spiro atoms. The van der Waals surface area contributed by atoms with E-state index < -0.39 is 30.4 Å². The average Bonchev–Trinajstić information content (AvgIpc) is 2.13. The first-order valence-electron chi connectivity index (χ1n) is 5.48. The summed E-state index contributed by atoms with van der Waals surface area (Å²) in [4.78, 5) is 32.4. The van der Waals surface area contributed by atoms with Crippen molar-refractivity contribution in [3.63, 3.8) is 0 Å². The zero-order chi connectivity index (χ0) is 12.8. The Hall–Kier alpha value is -1.79. The highest BCUT2D eigenvalue weighted by atomic mass is 16.4. The molecule has 0 aromatic carbocycles. The fourth-order valence-corrected chi connectivity index (χ4v) is 1.52. The van der Waals surface area contributed by atoms with Crippen LogP contribution in [0.2, 0.25) is 0 Å². The Kier molecular flexibility index (Phi) is 4.74. The van der Waals surface area contributed by atoms with Crippen LogP contribution in [-0.2, 0) is 9.59 Å². The Morgan fingerprint density at radius 1 is 1.24 bits per heavy atom. The van der Waals surface area contributed by atoms with Gasteiger partial charge < -0.3 is 20.8 Å². The van der Waals surface area contributed by atoms with E-state index in [2.05, 4.69) is 10.6 Å². The molecule has 0 aliphatic heterocycles. The average molecular weight is 244 g/mol. The molecule has 1 fully saturated rings. The molecule has 4 N–H and O–H groups in total. The van der Waals surface area contributed by atoms with Crippen LogP contribution in [0.5, 0.6) is 0 Å². The number of urea groups is 1. The van der Waals surface area contributed by atoms with Crippen molar-refractivity contribution in [1.29, 1.82) is 0 Å². The van der Waals surface area contributed by atoms with Crippen molar-refractivity contribution in [3.8, 4) is 0 Å². The molecule has 7 nitrogen and oxygen atoms in total. The second-order valence-electron chi connectivity index (χ2n) is 4.14. The maximum absolute atomic E-state index is 11.3. The first kappa shape index (κ1) is 13.3. The molecule has 0 heterocycles. The molecule has 0 bridgehead atoms. The SMILES string of the molecule is O=C(O)C[C@@H](NC(=O)NCC1CCC1)C(=O)O. The standard InChI is InChI=1S/C10H16N2O5/c13-8(14)4-7(9(15)16)12-10(17)11-5-6-2-1-3-6/h6-7H,1-5H2,(H,13,14)(H,15,16)(H2,11,12,17)/t7-/m1/s1. The lowest BCUT2D eigenvalue weighted by molar-refractivity contribution is -0.145. The van der Waals surface area contributed by atoms with Crippen LogP contribution in [0.1, 0.15) is 25.7 Å². The summed E-state index contributed by atoms with van der Waals surface area (Å²) >= 11 is 0. The Bertz CT molecular complexity index is 314. The predicted octanol–water partition coefficient (Wildman–Crippen LogP) is 0.0136. The minimum Gasteiger partial charge on any atom is -0.481 e. The lowest BCUT2D eigenvalue weighted by Crippen LogP contribution is -2.48. The number of hydrogen-bond donors (Lipinski definition) is 4. The smallest absolute Gasteiger partial charge is 0.326 e. The number of carbonyl (C=O) groups excluding carboxylic acids is 1. The quantitative estimate of drug-likeness (QED) is 0.525. The number of nitrogens with one attached hydrogen (secondary N) is 2. The van der Waals surface area contributed by atoms with Gasteiger partial charge in [0.2, 0.25) is 0 Å². The van der Waals surface area contributed by atoms with E-state index in [1.807, 2.05) is 0 Å². The van der Waals surface area contributed by atoms with E-state index in [-0.39, 0.29) is 0 Å². The molecule has 0 saturated heterocycles. The fourth-order valence-electron chi connectivity index (χ4n) is 1.52. The molecule has 1 aliphatic rings. The zero-order valence-electron chi connectivity index (χ0n) is 9.31. The highest BCUT2D eigenvalue weighted by Gasteiger charge is 2.24. The summed E-state index contributed by atoms with van der Waals surface area (Å²) in [7, 11) is 0. The third kappa shape index (κ3) is 4.71. The molecule has 1 aliphatic carbocycles. The Morgan fingerprint density at radius 3 is 2.29 bits per heavy atom. The van der Waals surface area contributed by atoms with Gasteiger partial charge in [-0.2, -0.15) is 0 Å². The van der Waals surface area contributed by atoms with E-state index in [1.54, 1.807) is 0 Å². The molecule has 96 valence electrons. The fraction of sp³-hybridized carbons (Fsp3) is 0.700. The molecule has 0 radical (unpaired) electrons. The third-order valence-corrected chi connectivity index (χ3v) is 2.76. The van der Waals surface area contributed by atoms with Crippen molar-refractivity contribution < 1.29 is 24.6 Å². The molecule has 0 aromatic heterocycles. The summed E-state index contributed by atoms with van der Waals surface area (Å²) in [5.74, 6) is -2.16. The number of amides is 2. The van der Waals surface area contributed by atoms with Crippen LogP contribution < -0.4 is 10.6 Å². The summed E-state index contributed by atoms with van der Waals surface area (Å²) in [6.07, 6.45) is 2.66. The van der Waals surface area contributed by atoms with Gasteiger partial charge in [0.05, 0.1) is 6.42 Å². The van der Waals surface area contributed by atoms with Crippen LogP contribution in [0.3, 0.4) is 0 Å². The van der Waals surface area contributed by atoms with Gasteiger partial charge in [-0.3, -0.25) is 4.79 Å². The highest BCUT2D eigenvalue weighted by molar-refractivity contribution is 5.86. The minimum atomic E-state index is -1.39. The van der Waals surface area contributed by atoms with E-state index in [4.69, 9.17) is 10.2 Å². The van der Waals surface area contributed by atoms with Gasteiger partial charge in [0.1, 0.15) is 6.04 Å². The maximum Gasteiger partial charge on any atom is 0.326 e. The van der Waals surface area contributed by atoms with Crippen molar-refractivity contribution in [2.24, 2.45) is 5.92 Å². The number of carboxylic acids is 2. The zero-order valence-corrected chi connectivity index (χ0v) is 9.31. The van der Waals surface area contributed by atoms with Crippen molar-refractivity contribution in [2.45, 2.75) is 31.7 Å². The van der Waals surface area contributed by atoms with Gasteiger partial charge in [0.25, 0.3) is 0 Å². The van der Waals surface area contributed by atoms with E-state index in [9.17, 15) is 14.4 Å². The summed E-state index contributed by atoms with van der Waals surface area (Å²) in [6, 6.07) is -2.03. The lowest BCUT2D eigenvalue weighted by Gasteiger charge is -2.25. The van der Waals surface area contributed by atoms with Gasteiger partial charge in [-0.25, -0.2) is 9.59 Å². The molecule has 17 heavy (non-hydrogen) atoms. The van der Waals surface area contributed by atoms with Crippen LogP contribution in [0, 0.1) is 5.92 Å². The molecule has 0 unspecified atom stereocenters. The van der Waals surface area contributed by atoms with Gasteiger partial charge in [-0.15, -0.1) is 0 Å². The van der Waals surface area contributed by atoms with Crippen LogP contribution in [0.25, 0.3) is 0 Å². The van der Waals surface area contributed by atoms with Gasteiger partial charge in [0, 0.05) is 6.54 Å². The second kappa shape index (κ2) is 6.07. The normalized spacial score (nSPS) is 16.7. The van der Waals surface area contributed by atoms with Gasteiger partial charge in [-0.1, -0.05) is 6.42 Å². The first-order chi connectivity index (χ1) is 7.99. The van der Waals surface area contributed by atoms with E-state index in [0.29, 0.717) is 12.5 Å². The van der Waals surface area contributed by atoms with E-state index in [0.717, 1.165) is 19.3 Å². The number of aliphatic carboxylic acids is 2. The molecule has 1 rings (SSSR count). The monoisotopic (exact) mass is 244 g/mol. The van der Waals surface area contributed by atoms with Crippen LogP contribution in [-0.4, -0.2) is 40.8 Å². The van der Waals surface area contributed by atoms with Gasteiger partial charge in [-0.05, 0) is 18.8 Å². The Morgan fingerprint density at radius 2 is 1.88 bits per heavy atom. The number of rotatable bonds is 6. The minimum absolute atomic E-state index is 0.462. The van der Waals surface area contributed by atoms with Gasteiger partial charge in [0.15, 0.2) is 0 Å². The van der Waals surface area contributed by atoms with Crippen molar-refractivity contribution in [3.05, 3.63) is 0 Å². The van der Waals surface area contributed by atoms with Crippen LogP contribution in [0.15, 0.2) is 0 Å². The lowest BCUT2D eigenvalue weighted by atomic mass is 9.85. The summed E-state index contributed by atoms with van der Waals surface area (Å²) < 4.78 is 0. The molecule has 1 atom stereocenters. The Balaban J connectivity index is 2.29. The maximum atomic E-state index is 11.3. The molecule has 1 saturated carbocycles. The number of carboxylic acid groups (broad SMARTS) is 2. The van der Waals surface area contributed by atoms with Gasteiger partial charge >= 0.3 is 18.0 Å². The third-order valence-electron chi connectivity index (χ3n) is 2.76. The predicted molar refractivity (Wildman–Crippen MR) is 57.6 cm³/mol. The van der Waals surface area contributed by atoms with Crippen molar-refractivity contribution in [1.82, 2.24) is 10.6 Å². The highest BCUT2D eigenvalue weighted by Crippen LogP contribution is 2.24. The molecule has 2 amide bonds. The molecule has 0 aromatic rings. The van der Waals surface area contributed by atoms with Crippen molar-refractivity contribution >= 4 is 18.0 Å². The number of carbonyl (C=O) groups is 3. The number of hydrogen-bond acceptors (Lipinski definition) is 3. The van der Waals surface area contributed by atoms with E-state index >= 15 is 0 Å². The van der Waals surface area contributed by atoms with E-state index in [1.165, 1.54) is 0 Å². The summed E-state index contributed by atoms with van der Waals surface area (Å²) in [5, 5.41) is 21.8. The molecular weight excluding hydrogens is 228 g/mol. The second-order valence-corrected chi connectivity index (χ2v) is 4.14. The molecular formula is C10H16N2O5. The van der Waals surface area contributed by atoms with Crippen molar-refractivity contribution in [2.75, 3.05) is 6.54 Å². The largest absolute Gasteiger partial charge is 0.481 e. The van der Waals surface area contributed by atoms with Crippen LogP contribution in [0.4, 0.5) is 4.79 Å². The topological polar surface area (TPSA) is 116 Å². The van der Waals surface area contributed by atoms with Crippen LogP contribution >= 0.6 is 0 Å². The summed E-state index contributed by atoms with van der Waals surface area (Å²) in [6.45, 7) is 0.505. The first-order valence-corrected chi connectivity index (χ1v) is 5.48. The summed E-state index contributed by atoms with van der Waals surface area (Å²) in [5.41, 5.74) is 0. The molecule has 7 heteroatoms. The Labute approximate surface area is 98.2 Å².